The second kappa shape index (κ2) is 8.10. The van der Waals surface area contributed by atoms with Crippen molar-refractivity contribution in [3.63, 3.8) is 0 Å². The van der Waals surface area contributed by atoms with Crippen molar-refractivity contribution >= 4 is 16.8 Å². The van der Waals surface area contributed by atoms with Gasteiger partial charge in [-0.3, -0.25) is 14.2 Å². The minimum absolute atomic E-state index is 0.188. The summed E-state index contributed by atoms with van der Waals surface area (Å²) in [6.45, 7) is 3.43. The number of nitrogens with zero attached hydrogens (tertiary/aromatic N) is 2. The first-order valence-corrected chi connectivity index (χ1v) is 9.70. The lowest BCUT2D eigenvalue weighted by atomic mass is 10.1. The maximum absolute atomic E-state index is 13.4. The minimum atomic E-state index is -0.965. The number of hydrogen-bond acceptors (Lipinski definition) is 3. The number of aromatic nitrogens is 2. The molecule has 4 rings (SSSR count). The van der Waals surface area contributed by atoms with E-state index >= 15 is 0 Å². The molecule has 1 amide bonds. The lowest BCUT2D eigenvalue weighted by molar-refractivity contribution is 0.0940. The lowest BCUT2D eigenvalue weighted by Gasteiger charge is -2.15. The molecule has 0 spiro atoms. The summed E-state index contributed by atoms with van der Waals surface area (Å²) in [5.74, 6) is -1.74. The van der Waals surface area contributed by atoms with Gasteiger partial charge in [-0.15, -0.1) is 0 Å². The van der Waals surface area contributed by atoms with Crippen LogP contribution in [0.3, 0.4) is 0 Å². The molecule has 0 saturated heterocycles. The van der Waals surface area contributed by atoms with Gasteiger partial charge in [0.2, 0.25) is 0 Å². The standard InChI is InChI=1S/C24H19F2N3O2/c1-14(17-9-12-20(25)21(26)13-17)27-23(30)16-7-10-18(11-8-16)29-15(2)28-22-6-4-3-5-19(22)24(29)31/h3-14H,1-2H3,(H,27,30). The number of hydrogen-bond donors (Lipinski definition) is 1. The first kappa shape index (κ1) is 20.4. The van der Waals surface area contributed by atoms with Crippen LogP contribution in [0.15, 0.2) is 71.5 Å². The Morgan fingerprint density at radius 3 is 2.42 bits per heavy atom. The monoisotopic (exact) mass is 419 g/mol. The summed E-state index contributed by atoms with van der Waals surface area (Å²) < 4.78 is 28.1. The summed E-state index contributed by atoms with van der Waals surface area (Å²) in [4.78, 5) is 30.0. The Morgan fingerprint density at radius 2 is 1.71 bits per heavy atom. The molecule has 1 unspecified atom stereocenters. The first-order valence-electron chi connectivity index (χ1n) is 9.70. The van der Waals surface area contributed by atoms with Gasteiger partial charge in [0.25, 0.3) is 11.5 Å². The average molecular weight is 419 g/mol. The summed E-state index contributed by atoms with van der Waals surface area (Å²) in [7, 11) is 0. The van der Waals surface area contributed by atoms with Crippen LogP contribution in [0, 0.1) is 18.6 Å². The van der Waals surface area contributed by atoms with E-state index < -0.39 is 17.7 Å². The highest BCUT2D eigenvalue weighted by Gasteiger charge is 2.15. The lowest BCUT2D eigenvalue weighted by Crippen LogP contribution is -2.27. The van der Waals surface area contributed by atoms with Crippen molar-refractivity contribution in [3.05, 3.63) is 106 Å². The van der Waals surface area contributed by atoms with Gasteiger partial charge < -0.3 is 5.32 Å². The van der Waals surface area contributed by atoms with Gasteiger partial charge in [0.05, 0.1) is 22.6 Å². The quantitative estimate of drug-likeness (QED) is 0.531. The van der Waals surface area contributed by atoms with E-state index in [0.29, 0.717) is 33.5 Å². The van der Waals surface area contributed by atoms with Gasteiger partial charge in [-0.1, -0.05) is 18.2 Å². The number of fused-ring (bicyclic) bond motifs is 1. The Bertz CT molecular complexity index is 1350. The molecule has 0 bridgehead atoms. The molecule has 4 aromatic rings. The van der Waals surface area contributed by atoms with E-state index in [9.17, 15) is 18.4 Å². The molecule has 7 heteroatoms. The van der Waals surface area contributed by atoms with E-state index in [0.717, 1.165) is 12.1 Å². The van der Waals surface area contributed by atoms with Crippen molar-refractivity contribution < 1.29 is 13.6 Å². The van der Waals surface area contributed by atoms with Crippen LogP contribution in [-0.2, 0) is 0 Å². The second-order valence-electron chi connectivity index (χ2n) is 7.23. The highest BCUT2D eigenvalue weighted by Crippen LogP contribution is 2.18. The molecule has 3 aromatic carbocycles. The maximum atomic E-state index is 13.4. The van der Waals surface area contributed by atoms with Crippen molar-refractivity contribution in [1.82, 2.24) is 14.9 Å². The van der Waals surface area contributed by atoms with E-state index in [1.54, 1.807) is 56.3 Å². The zero-order valence-corrected chi connectivity index (χ0v) is 16.9. The summed E-state index contributed by atoms with van der Waals surface area (Å²) >= 11 is 0. The largest absolute Gasteiger partial charge is 0.346 e. The van der Waals surface area contributed by atoms with Gasteiger partial charge in [0, 0.05) is 5.56 Å². The first-order chi connectivity index (χ1) is 14.8. The smallest absolute Gasteiger partial charge is 0.265 e. The topological polar surface area (TPSA) is 64.0 Å². The summed E-state index contributed by atoms with van der Waals surface area (Å²) in [6, 6.07) is 16.7. The molecule has 1 atom stereocenters. The van der Waals surface area contributed by atoms with Crippen LogP contribution in [0.25, 0.3) is 16.6 Å². The molecule has 0 fully saturated rings. The normalized spacial score (nSPS) is 12.0. The molecule has 1 heterocycles. The number of nitrogens with one attached hydrogen (secondary N) is 1. The van der Waals surface area contributed by atoms with Crippen LogP contribution in [0.2, 0.25) is 0 Å². The number of aryl methyl sites for hydroxylation is 1. The van der Waals surface area contributed by atoms with Crippen molar-refractivity contribution in [3.8, 4) is 5.69 Å². The van der Waals surface area contributed by atoms with Gasteiger partial charge in [0.1, 0.15) is 5.82 Å². The summed E-state index contributed by atoms with van der Waals surface area (Å²) in [6.07, 6.45) is 0. The Labute approximate surface area is 177 Å². The van der Waals surface area contributed by atoms with E-state index in [2.05, 4.69) is 10.3 Å². The fraction of sp³-hybridized carbons (Fsp3) is 0.125. The van der Waals surface area contributed by atoms with Crippen LogP contribution in [0.5, 0.6) is 0 Å². The van der Waals surface area contributed by atoms with Crippen LogP contribution < -0.4 is 10.9 Å². The molecule has 0 saturated carbocycles. The Balaban J connectivity index is 1.58. The molecule has 0 radical (unpaired) electrons. The minimum Gasteiger partial charge on any atom is -0.346 e. The molecule has 1 aromatic heterocycles. The SMILES string of the molecule is Cc1nc2ccccc2c(=O)n1-c1ccc(C(=O)NC(C)c2ccc(F)c(F)c2)cc1. The van der Waals surface area contributed by atoms with E-state index in [-0.39, 0.29) is 11.5 Å². The van der Waals surface area contributed by atoms with E-state index in [1.807, 2.05) is 6.07 Å². The van der Waals surface area contributed by atoms with Gasteiger partial charge in [0.15, 0.2) is 11.6 Å². The van der Waals surface area contributed by atoms with Gasteiger partial charge >= 0.3 is 0 Å². The highest BCUT2D eigenvalue weighted by molar-refractivity contribution is 5.94. The molecule has 1 N–H and O–H groups in total. The van der Waals surface area contributed by atoms with Crippen molar-refractivity contribution in [1.29, 1.82) is 0 Å². The van der Waals surface area contributed by atoms with Crippen molar-refractivity contribution in [2.45, 2.75) is 19.9 Å². The number of carbonyl (C=O) groups is 1. The van der Waals surface area contributed by atoms with E-state index in [1.165, 1.54) is 10.6 Å². The fourth-order valence-electron chi connectivity index (χ4n) is 3.45. The molecule has 31 heavy (non-hydrogen) atoms. The molecule has 5 nitrogen and oxygen atoms in total. The number of rotatable bonds is 4. The van der Waals surface area contributed by atoms with Crippen molar-refractivity contribution in [2.75, 3.05) is 0 Å². The third-order valence-electron chi connectivity index (χ3n) is 5.12. The third kappa shape index (κ3) is 3.94. The molecule has 156 valence electrons. The van der Waals surface area contributed by atoms with E-state index in [4.69, 9.17) is 0 Å². The maximum Gasteiger partial charge on any atom is 0.265 e. The van der Waals surface area contributed by atoms with Gasteiger partial charge in [-0.25, -0.2) is 13.8 Å². The number of amides is 1. The number of para-hydroxylation sites is 1. The summed E-state index contributed by atoms with van der Waals surface area (Å²) in [5.41, 5.74) is 1.85. The van der Waals surface area contributed by atoms with Crippen LogP contribution >= 0.6 is 0 Å². The zero-order valence-electron chi connectivity index (χ0n) is 16.9. The van der Waals surface area contributed by atoms with Crippen LogP contribution in [-0.4, -0.2) is 15.5 Å². The van der Waals surface area contributed by atoms with Crippen LogP contribution in [0.4, 0.5) is 8.78 Å². The molecular formula is C24H19F2N3O2. The Morgan fingerprint density at radius 1 is 1.00 bits per heavy atom. The number of halogens is 2. The second-order valence-corrected chi connectivity index (χ2v) is 7.23. The fourth-order valence-corrected chi connectivity index (χ4v) is 3.45. The van der Waals surface area contributed by atoms with Crippen LogP contribution in [0.1, 0.15) is 34.7 Å². The zero-order chi connectivity index (χ0) is 22.1. The Kier molecular flexibility index (Phi) is 5.33. The average Bonchev–Trinajstić information content (AvgIpc) is 2.76. The van der Waals surface area contributed by atoms with Gasteiger partial charge in [-0.05, 0) is 67.9 Å². The Hall–Kier alpha value is -3.87. The molecular weight excluding hydrogens is 400 g/mol. The highest BCUT2D eigenvalue weighted by atomic mass is 19.2. The third-order valence-corrected chi connectivity index (χ3v) is 5.12. The molecule has 0 aliphatic rings. The van der Waals surface area contributed by atoms with Crippen molar-refractivity contribution in [2.24, 2.45) is 0 Å². The summed E-state index contributed by atoms with van der Waals surface area (Å²) in [5, 5.41) is 3.27. The number of benzene rings is 3. The number of carbonyl (C=O) groups excluding carboxylic acids is 1. The molecule has 0 aliphatic carbocycles. The predicted molar refractivity (Wildman–Crippen MR) is 114 cm³/mol. The predicted octanol–water partition coefficient (Wildman–Crippen LogP) is 4.46. The molecule has 0 aliphatic heterocycles. The van der Waals surface area contributed by atoms with Gasteiger partial charge in [-0.2, -0.15) is 0 Å².